The Balaban J connectivity index is 2.57. The van der Waals surface area contributed by atoms with E-state index >= 15 is 0 Å². The summed E-state index contributed by atoms with van der Waals surface area (Å²) in [6.45, 7) is 17.8. The van der Waals surface area contributed by atoms with Gasteiger partial charge in [0.05, 0.1) is 0 Å². The summed E-state index contributed by atoms with van der Waals surface area (Å²) in [5, 5.41) is 5.97. The average molecular weight is 594 g/mol. The van der Waals surface area contributed by atoms with Gasteiger partial charge in [-0.25, -0.2) is 4.79 Å². The van der Waals surface area contributed by atoms with E-state index in [0.717, 1.165) is 54.4 Å². The van der Waals surface area contributed by atoms with Crippen LogP contribution in [0.4, 0.5) is 4.79 Å². The van der Waals surface area contributed by atoms with Crippen molar-refractivity contribution in [3.63, 3.8) is 0 Å². The third kappa shape index (κ3) is 12.8. The fourth-order valence-corrected chi connectivity index (χ4v) is 4.97. The first-order chi connectivity index (χ1) is 20.1. The summed E-state index contributed by atoms with van der Waals surface area (Å²) in [5.74, 6) is -0.554. The van der Waals surface area contributed by atoms with E-state index in [4.69, 9.17) is 4.74 Å². The van der Waals surface area contributed by atoms with Crippen molar-refractivity contribution in [1.29, 1.82) is 0 Å². The van der Waals surface area contributed by atoms with Crippen LogP contribution in [0.15, 0.2) is 48.5 Å². The van der Waals surface area contributed by atoms with Gasteiger partial charge >= 0.3 is 6.09 Å². The molecule has 0 radical (unpaired) electrons. The highest BCUT2D eigenvalue weighted by Crippen LogP contribution is 2.27. The van der Waals surface area contributed by atoms with Gasteiger partial charge in [-0.15, -0.1) is 0 Å². The van der Waals surface area contributed by atoms with E-state index in [0.29, 0.717) is 6.54 Å². The lowest BCUT2D eigenvalue weighted by molar-refractivity contribution is -0.143. The quantitative estimate of drug-likeness (QED) is 0.221. The van der Waals surface area contributed by atoms with E-state index in [9.17, 15) is 14.4 Å². The molecule has 2 atom stereocenters. The Morgan fingerprint density at radius 3 is 2.05 bits per heavy atom. The van der Waals surface area contributed by atoms with Crippen molar-refractivity contribution in [2.45, 2.75) is 130 Å². The number of ether oxygens (including phenoxy) is 1. The van der Waals surface area contributed by atoms with E-state index < -0.39 is 29.3 Å². The summed E-state index contributed by atoms with van der Waals surface area (Å²) in [6.07, 6.45) is 5.87. The molecular formula is C36H55N3O4. The van der Waals surface area contributed by atoms with E-state index in [-0.39, 0.29) is 18.2 Å². The molecule has 0 heterocycles. The predicted octanol–water partition coefficient (Wildman–Crippen LogP) is 7.58. The highest BCUT2D eigenvalue weighted by atomic mass is 16.6. The third-order valence-corrected chi connectivity index (χ3v) is 7.21. The first-order valence-electron chi connectivity index (χ1n) is 15.8. The standard InChI is InChI=1S/C36H55N3O4/c1-10-11-12-13-14-18-23-39(31(32(40)38-35(4,5)6)29-22-21-26(2)27(3)24-29)33(41)30(25-28-19-16-15-17-20-28)37-34(42)43-36(7,8)9/h15-17,19-22,24,30-31H,10-14,18,23,25H2,1-9H3,(H,37,42)(H,38,40). The number of hydrogen-bond acceptors (Lipinski definition) is 4. The van der Waals surface area contributed by atoms with Gasteiger partial charge in [-0.05, 0) is 84.1 Å². The molecule has 0 saturated carbocycles. The van der Waals surface area contributed by atoms with Crippen LogP contribution in [0.5, 0.6) is 0 Å². The number of alkyl carbamates (subject to hydrolysis) is 1. The Labute approximate surface area is 260 Å². The van der Waals surface area contributed by atoms with Crippen LogP contribution >= 0.6 is 0 Å². The van der Waals surface area contributed by atoms with Crippen LogP contribution in [0.1, 0.15) is 115 Å². The van der Waals surface area contributed by atoms with Gasteiger partial charge < -0.3 is 20.3 Å². The fourth-order valence-electron chi connectivity index (χ4n) is 4.97. The maximum absolute atomic E-state index is 14.6. The van der Waals surface area contributed by atoms with Crippen LogP contribution < -0.4 is 10.6 Å². The number of nitrogens with one attached hydrogen (secondary N) is 2. The van der Waals surface area contributed by atoms with E-state index in [1.807, 2.05) is 83.1 Å². The molecule has 0 aliphatic rings. The summed E-state index contributed by atoms with van der Waals surface area (Å²) in [7, 11) is 0. The second-order valence-corrected chi connectivity index (χ2v) is 13.7. The monoisotopic (exact) mass is 593 g/mol. The maximum atomic E-state index is 14.6. The van der Waals surface area contributed by atoms with Gasteiger partial charge in [-0.3, -0.25) is 9.59 Å². The average Bonchev–Trinajstić information content (AvgIpc) is 2.89. The SMILES string of the molecule is CCCCCCCCN(C(=O)C(Cc1ccccc1)NC(=O)OC(C)(C)C)C(C(=O)NC(C)(C)C)c1ccc(C)c(C)c1. The Bertz CT molecular complexity index is 1180. The van der Waals surface area contributed by atoms with Crippen LogP contribution in [-0.2, 0) is 20.7 Å². The largest absolute Gasteiger partial charge is 0.444 e. The summed E-state index contributed by atoms with van der Waals surface area (Å²) in [5.41, 5.74) is 2.59. The zero-order valence-electron chi connectivity index (χ0n) is 28.0. The molecule has 7 heteroatoms. The summed E-state index contributed by atoms with van der Waals surface area (Å²) in [4.78, 5) is 43.4. The van der Waals surface area contributed by atoms with Crippen molar-refractivity contribution in [1.82, 2.24) is 15.5 Å². The van der Waals surface area contributed by atoms with Crippen molar-refractivity contribution in [3.05, 3.63) is 70.8 Å². The molecule has 2 unspecified atom stereocenters. The molecule has 7 nitrogen and oxygen atoms in total. The Morgan fingerprint density at radius 1 is 0.837 bits per heavy atom. The van der Waals surface area contributed by atoms with Crippen LogP contribution in [0.25, 0.3) is 0 Å². The molecular weight excluding hydrogens is 538 g/mol. The zero-order valence-corrected chi connectivity index (χ0v) is 28.0. The van der Waals surface area contributed by atoms with Crippen molar-refractivity contribution in [2.75, 3.05) is 6.54 Å². The second kappa shape index (κ2) is 16.5. The van der Waals surface area contributed by atoms with Gasteiger partial charge in [0.2, 0.25) is 11.8 Å². The number of carbonyl (C=O) groups is 3. The number of nitrogens with zero attached hydrogens (tertiary/aromatic N) is 1. The number of rotatable bonds is 14. The summed E-state index contributed by atoms with van der Waals surface area (Å²) >= 11 is 0. The molecule has 238 valence electrons. The molecule has 0 bridgehead atoms. The Kier molecular flexibility index (Phi) is 13.7. The van der Waals surface area contributed by atoms with E-state index in [2.05, 4.69) is 17.6 Å². The minimum atomic E-state index is -0.922. The fraction of sp³-hybridized carbons (Fsp3) is 0.583. The van der Waals surface area contributed by atoms with Crippen molar-refractivity contribution in [3.8, 4) is 0 Å². The van der Waals surface area contributed by atoms with Crippen LogP contribution in [0.3, 0.4) is 0 Å². The number of aryl methyl sites for hydroxylation is 2. The smallest absolute Gasteiger partial charge is 0.408 e. The highest BCUT2D eigenvalue weighted by Gasteiger charge is 2.37. The van der Waals surface area contributed by atoms with E-state index in [1.54, 1.807) is 25.7 Å². The van der Waals surface area contributed by atoms with Gasteiger partial charge in [0.25, 0.3) is 0 Å². The molecule has 0 saturated heterocycles. The normalized spacial score (nSPS) is 13.1. The molecule has 0 fully saturated rings. The first-order valence-corrected chi connectivity index (χ1v) is 15.8. The van der Waals surface area contributed by atoms with Gasteiger partial charge in [-0.1, -0.05) is 87.6 Å². The molecule has 0 aliphatic heterocycles. The number of hydrogen-bond donors (Lipinski definition) is 2. The van der Waals surface area contributed by atoms with Crippen LogP contribution in [0, 0.1) is 13.8 Å². The highest BCUT2D eigenvalue weighted by molar-refractivity contribution is 5.92. The minimum absolute atomic E-state index is 0.245. The van der Waals surface area contributed by atoms with Crippen LogP contribution in [-0.4, -0.2) is 46.5 Å². The Hall–Kier alpha value is -3.35. The third-order valence-electron chi connectivity index (χ3n) is 7.21. The lowest BCUT2D eigenvalue weighted by atomic mass is 9.96. The first kappa shape index (κ1) is 35.8. The molecule has 0 spiro atoms. The number of unbranched alkanes of at least 4 members (excludes halogenated alkanes) is 5. The minimum Gasteiger partial charge on any atom is -0.444 e. The summed E-state index contributed by atoms with van der Waals surface area (Å²) in [6, 6.07) is 13.7. The molecule has 2 rings (SSSR count). The maximum Gasteiger partial charge on any atom is 0.408 e. The lowest BCUT2D eigenvalue weighted by Gasteiger charge is -2.36. The summed E-state index contributed by atoms with van der Waals surface area (Å²) < 4.78 is 5.56. The molecule has 2 aromatic carbocycles. The molecule has 2 aromatic rings. The van der Waals surface area contributed by atoms with Crippen molar-refractivity contribution in [2.24, 2.45) is 0 Å². The Morgan fingerprint density at radius 2 is 1.47 bits per heavy atom. The van der Waals surface area contributed by atoms with E-state index in [1.165, 1.54) is 6.42 Å². The number of carbonyl (C=O) groups excluding carboxylic acids is 3. The number of benzene rings is 2. The molecule has 0 aromatic heterocycles. The van der Waals surface area contributed by atoms with Crippen molar-refractivity contribution >= 4 is 17.9 Å². The van der Waals surface area contributed by atoms with Gasteiger partial charge in [0.1, 0.15) is 17.7 Å². The topological polar surface area (TPSA) is 87.7 Å². The molecule has 3 amide bonds. The molecule has 0 aliphatic carbocycles. The second-order valence-electron chi connectivity index (χ2n) is 13.7. The van der Waals surface area contributed by atoms with Gasteiger partial charge in [0.15, 0.2) is 0 Å². The predicted molar refractivity (Wildman–Crippen MR) is 175 cm³/mol. The van der Waals surface area contributed by atoms with Gasteiger partial charge in [-0.2, -0.15) is 0 Å². The molecule has 2 N–H and O–H groups in total. The van der Waals surface area contributed by atoms with Crippen LogP contribution in [0.2, 0.25) is 0 Å². The zero-order chi connectivity index (χ0) is 32.2. The molecule has 43 heavy (non-hydrogen) atoms. The lowest BCUT2D eigenvalue weighted by Crippen LogP contribution is -2.55. The van der Waals surface area contributed by atoms with Crippen molar-refractivity contribution < 1.29 is 19.1 Å². The van der Waals surface area contributed by atoms with Gasteiger partial charge in [0, 0.05) is 18.5 Å². The number of amides is 3.